The molecule has 0 aromatic heterocycles. The molecular formula is C11H15FN2O. The van der Waals surface area contributed by atoms with Gasteiger partial charge in [0.25, 0.3) is 0 Å². The van der Waals surface area contributed by atoms with E-state index in [-0.39, 0.29) is 17.9 Å². The molecule has 2 amide bonds. The van der Waals surface area contributed by atoms with Crippen molar-refractivity contribution < 1.29 is 9.18 Å². The molecule has 0 fully saturated rings. The monoisotopic (exact) mass is 210 g/mol. The topological polar surface area (TPSA) is 32.3 Å². The molecular weight excluding hydrogens is 195 g/mol. The zero-order valence-corrected chi connectivity index (χ0v) is 9.12. The second kappa shape index (κ2) is 4.77. The Bertz CT molecular complexity index is 352. The Kier molecular flexibility index (Phi) is 3.66. The molecule has 4 heteroatoms. The standard InChI is InChI=1S/C11H15FN2O/c1-8(2)13-11(15)14(3)10-6-4-5-9(12)7-10/h4-8H,1-3H3,(H,13,15). The summed E-state index contributed by atoms with van der Waals surface area (Å²) in [6.45, 7) is 3.74. The van der Waals surface area contributed by atoms with Crippen LogP contribution in [-0.4, -0.2) is 19.1 Å². The average Bonchev–Trinajstić information content (AvgIpc) is 2.15. The smallest absolute Gasteiger partial charge is 0.321 e. The SMILES string of the molecule is CC(C)NC(=O)N(C)c1cccc(F)c1. The van der Waals surface area contributed by atoms with Crippen molar-refractivity contribution in [3.05, 3.63) is 30.1 Å². The highest BCUT2D eigenvalue weighted by atomic mass is 19.1. The van der Waals surface area contributed by atoms with E-state index in [1.54, 1.807) is 19.2 Å². The van der Waals surface area contributed by atoms with Gasteiger partial charge < -0.3 is 5.32 Å². The lowest BCUT2D eigenvalue weighted by Crippen LogP contribution is -2.40. The Morgan fingerprint density at radius 1 is 1.47 bits per heavy atom. The highest BCUT2D eigenvalue weighted by molar-refractivity contribution is 5.91. The van der Waals surface area contributed by atoms with Crippen LogP contribution in [0.5, 0.6) is 0 Å². The lowest BCUT2D eigenvalue weighted by atomic mass is 10.3. The summed E-state index contributed by atoms with van der Waals surface area (Å²) in [7, 11) is 1.60. The van der Waals surface area contributed by atoms with Crippen LogP contribution in [0.1, 0.15) is 13.8 Å². The number of benzene rings is 1. The summed E-state index contributed by atoms with van der Waals surface area (Å²) in [5, 5.41) is 2.72. The molecule has 15 heavy (non-hydrogen) atoms. The molecule has 0 aliphatic rings. The third-order valence-electron chi connectivity index (χ3n) is 1.91. The molecule has 3 nitrogen and oxygen atoms in total. The van der Waals surface area contributed by atoms with Gasteiger partial charge >= 0.3 is 6.03 Å². The molecule has 1 N–H and O–H groups in total. The molecule has 0 atom stereocenters. The number of anilines is 1. The molecule has 82 valence electrons. The molecule has 0 bridgehead atoms. The molecule has 0 saturated carbocycles. The van der Waals surface area contributed by atoms with E-state index < -0.39 is 0 Å². The van der Waals surface area contributed by atoms with E-state index >= 15 is 0 Å². The molecule has 0 unspecified atom stereocenters. The quantitative estimate of drug-likeness (QED) is 0.798. The molecule has 0 spiro atoms. The molecule has 1 aromatic carbocycles. The van der Waals surface area contributed by atoms with Gasteiger partial charge in [-0.3, -0.25) is 4.90 Å². The first kappa shape index (κ1) is 11.5. The minimum Gasteiger partial charge on any atom is -0.336 e. The number of rotatable bonds is 2. The lowest BCUT2D eigenvalue weighted by molar-refractivity contribution is 0.245. The Balaban J connectivity index is 2.76. The van der Waals surface area contributed by atoms with E-state index in [1.807, 2.05) is 13.8 Å². The summed E-state index contributed by atoms with van der Waals surface area (Å²) in [5.74, 6) is -0.350. The predicted octanol–water partition coefficient (Wildman–Crippen LogP) is 2.38. The van der Waals surface area contributed by atoms with Crippen LogP contribution >= 0.6 is 0 Å². The second-order valence-corrected chi connectivity index (χ2v) is 3.64. The Morgan fingerprint density at radius 3 is 2.67 bits per heavy atom. The maximum absolute atomic E-state index is 12.9. The lowest BCUT2D eigenvalue weighted by Gasteiger charge is -2.19. The summed E-state index contributed by atoms with van der Waals surface area (Å²) >= 11 is 0. The van der Waals surface area contributed by atoms with Crippen molar-refractivity contribution in [2.75, 3.05) is 11.9 Å². The fraction of sp³-hybridized carbons (Fsp3) is 0.364. The minimum absolute atomic E-state index is 0.0634. The van der Waals surface area contributed by atoms with Crippen LogP contribution in [0.3, 0.4) is 0 Å². The summed E-state index contributed by atoms with van der Waals surface area (Å²) in [4.78, 5) is 12.9. The number of carbonyl (C=O) groups is 1. The van der Waals surface area contributed by atoms with E-state index in [2.05, 4.69) is 5.32 Å². The summed E-state index contributed by atoms with van der Waals surface area (Å²) in [5.41, 5.74) is 0.535. The minimum atomic E-state index is -0.350. The fourth-order valence-corrected chi connectivity index (χ4v) is 1.15. The molecule has 0 saturated heterocycles. The van der Waals surface area contributed by atoms with Crippen LogP contribution in [0.2, 0.25) is 0 Å². The van der Waals surface area contributed by atoms with Gasteiger partial charge in [-0.15, -0.1) is 0 Å². The Morgan fingerprint density at radius 2 is 2.13 bits per heavy atom. The number of nitrogens with zero attached hydrogens (tertiary/aromatic N) is 1. The largest absolute Gasteiger partial charge is 0.336 e. The van der Waals surface area contributed by atoms with Crippen molar-refractivity contribution in [3.8, 4) is 0 Å². The zero-order chi connectivity index (χ0) is 11.4. The van der Waals surface area contributed by atoms with Crippen LogP contribution in [0.15, 0.2) is 24.3 Å². The van der Waals surface area contributed by atoms with E-state index in [4.69, 9.17) is 0 Å². The van der Waals surface area contributed by atoms with Gasteiger partial charge in [-0.05, 0) is 32.0 Å². The van der Waals surface area contributed by atoms with Crippen LogP contribution in [-0.2, 0) is 0 Å². The highest BCUT2D eigenvalue weighted by Gasteiger charge is 2.11. The van der Waals surface area contributed by atoms with Gasteiger partial charge in [-0.1, -0.05) is 6.07 Å². The van der Waals surface area contributed by atoms with Gasteiger partial charge in [-0.2, -0.15) is 0 Å². The van der Waals surface area contributed by atoms with Gasteiger partial charge in [0.2, 0.25) is 0 Å². The van der Waals surface area contributed by atoms with Gasteiger partial charge in [-0.25, -0.2) is 9.18 Å². The van der Waals surface area contributed by atoms with Crippen molar-refractivity contribution in [2.24, 2.45) is 0 Å². The van der Waals surface area contributed by atoms with Crippen LogP contribution < -0.4 is 10.2 Å². The third-order valence-corrected chi connectivity index (χ3v) is 1.91. The molecule has 1 aromatic rings. The third kappa shape index (κ3) is 3.23. The Labute approximate surface area is 88.9 Å². The Hall–Kier alpha value is -1.58. The van der Waals surface area contributed by atoms with Crippen molar-refractivity contribution >= 4 is 11.7 Å². The van der Waals surface area contributed by atoms with Crippen molar-refractivity contribution in [1.82, 2.24) is 5.32 Å². The first-order chi connectivity index (χ1) is 7.00. The molecule has 1 rings (SSSR count). The fourth-order valence-electron chi connectivity index (χ4n) is 1.15. The number of halogens is 1. The second-order valence-electron chi connectivity index (χ2n) is 3.64. The van der Waals surface area contributed by atoms with Gasteiger partial charge in [0, 0.05) is 18.8 Å². The van der Waals surface area contributed by atoms with Crippen molar-refractivity contribution in [1.29, 1.82) is 0 Å². The molecule has 0 aliphatic heterocycles. The summed E-state index contributed by atoms with van der Waals surface area (Å²) < 4.78 is 12.9. The first-order valence-corrected chi connectivity index (χ1v) is 4.80. The van der Waals surface area contributed by atoms with Gasteiger partial charge in [0.05, 0.1) is 0 Å². The summed E-state index contributed by atoms with van der Waals surface area (Å²) in [6, 6.07) is 5.74. The maximum atomic E-state index is 12.9. The van der Waals surface area contributed by atoms with E-state index in [1.165, 1.54) is 17.0 Å². The number of carbonyl (C=O) groups excluding carboxylic acids is 1. The first-order valence-electron chi connectivity index (χ1n) is 4.80. The average molecular weight is 210 g/mol. The number of hydrogen-bond donors (Lipinski definition) is 1. The van der Waals surface area contributed by atoms with Gasteiger partial charge in [0.1, 0.15) is 5.82 Å². The van der Waals surface area contributed by atoms with E-state index in [0.717, 1.165) is 0 Å². The maximum Gasteiger partial charge on any atom is 0.321 e. The highest BCUT2D eigenvalue weighted by Crippen LogP contribution is 2.13. The number of hydrogen-bond acceptors (Lipinski definition) is 1. The van der Waals surface area contributed by atoms with Crippen LogP contribution in [0.4, 0.5) is 14.9 Å². The molecule has 0 heterocycles. The van der Waals surface area contributed by atoms with Crippen molar-refractivity contribution in [2.45, 2.75) is 19.9 Å². The van der Waals surface area contributed by atoms with Crippen LogP contribution in [0.25, 0.3) is 0 Å². The molecule has 0 radical (unpaired) electrons. The number of amides is 2. The number of nitrogens with one attached hydrogen (secondary N) is 1. The molecule has 0 aliphatic carbocycles. The van der Waals surface area contributed by atoms with Crippen LogP contribution in [0, 0.1) is 5.82 Å². The predicted molar refractivity (Wildman–Crippen MR) is 58.5 cm³/mol. The van der Waals surface area contributed by atoms with Gasteiger partial charge in [0.15, 0.2) is 0 Å². The van der Waals surface area contributed by atoms with E-state index in [9.17, 15) is 9.18 Å². The van der Waals surface area contributed by atoms with E-state index in [0.29, 0.717) is 5.69 Å². The normalized spacial score (nSPS) is 10.2. The zero-order valence-electron chi connectivity index (χ0n) is 9.12. The van der Waals surface area contributed by atoms with Crippen molar-refractivity contribution in [3.63, 3.8) is 0 Å². The number of urea groups is 1. The summed E-state index contributed by atoms with van der Waals surface area (Å²) in [6.07, 6.45) is 0.